The average Bonchev–Trinajstić information content (AvgIpc) is 2.88. The smallest absolute Gasteiger partial charge is 0.189 e. The van der Waals surface area contributed by atoms with Gasteiger partial charge in [-0.2, -0.15) is 0 Å². The van der Waals surface area contributed by atoms with Crippen molar-refractivity contribution >= 4 is 0 Å². The van der Waals surface area contributed by atoms with E-state index < -0.39 is 111 Å². The van der Waals surface area contributed by atoms with Crippen LogP contribution in [0.25, 0.3) is 0 Å². The lowest BCUT2D eigenvalue weighted by atomic mass is 9.84. The highest BCUT2D eigenvalue weighted by Crippen LogP contribution is 2.35. The predicted octanol–water partition coefficient (Wildman–Crippen LogP) is -6.69. The predicted molar refractivity (Wildman–Crippen MR) is 128 cm³/mol. The summed E-state index contributed by atoms with van der Waals surface area (Å²) in [5.74, 6) is 0. The fourth-order valence-electron chi connectivity index (χ4n) is 5.78. The summed E-state index contributed by atoms with van der Waals surface area (Å²) in [6, 6.07) is -3.72. The summed E-state index contributed by atoms with van der Waals surface area (Å²) in [6.45, 7) is -0.435. The molecule has 0 aromatic heterocycles. The van der Waals surface area contributed by atoms with E-state index in [9.17, 15) is 30.6 Å². The molecule has 16 heteroatoms. The first-order valence-electron chi connectivity index (χ1n) is 12.9. The van der Waals surface area contributed by atoms with Crippen molar-refractivity contribution in [2.75, 3.05) is 20.7 Å². The maximum atomic E-state index is 11.2. The highest BCUT2D eigenvalue weighted by Gasteiger charge is 2.54. The molecule has 9 unspecified atom stereocenters. The van der Waals surface area contributed by atoms with E-state index in [1.54, 1.807) is 14.1 Å². The van der Waals surface area contributed by atoms with E-state index in [0.29, 0.717) is 0 Å². The topological polar surface area (TPSA) is 270 Å². The van der Waals surface area contributed by atoms with E-state index >= 15 is 0 Å². The molecular weight excluding hydrogens is 510 g/mol. The molecule has 4 aliphatic rings. The van der Waals surface area contributed by atoms with Crippen LogP contribution in [0.15, 0.2) is 0 Å². The van der Waals surface area contributed by atoms with E-state index in [4.69, 9.17) is 40.9 Å². The van der Waals surface area contributed by atoms with E-state index in [1.165, 1.54) is 0 Å². The first-order chi connectivity index (χ1) is 18.0. The van der Waals surface area contributed by atoms with Crippen molar-refractivity contribution in [3.05, 3.63) is 0 Å². The second-order valence-corrected chi connectivity index (χ2v) is 10.5. The van der Waals surface area contributed by atoms with Gasteiger partial charge in [0.2, 0.25) is 0 Å². The fraction of sp³-hybridized carbons (Fsp3) is 1.00. The van der Waals surface area contributed by atoms with Gasteiger partial charge in [-0.15, -0.1) is 0 Å². The maximum Gasteiger partial charge on any atom is 0.189 e. The van der Waals surface area contributed by atoms with Crippen molar-refractivity contribution in [1.29, 1.82) is 0 Å². The zero-order chi connectivity index (χ0) is 27.9. The Morgan fingerprint density at radius 3 is 2.00 bits per heavy atom. The lowest BCUT2D eigenvalue weighted by molar-refractivity contribution is -0.373. The van der Waals surface area contributed by atoms with Gasteiger partial charge < -0.3 is 82.2 Å². The number of fused-ring (bicyclic) bond motifs is 1. The monoisotopic (exact) mass is 553 g/mol. The molecule has 17 atom stereocenters. The molecule has 1 aliphatic carbocycles. The number of nitrogens with one attached hydrogen (secondary N) is 2. The molecule has 3 heterocycles. The summed E-state index contributed by atoms with van der Waals surface area (Å²) in [5, 5.41) is 68.2. The van der Waals surface area contributed by atoms with Gasteiger partial charge in [-0.1, -0.05) is 0 Å². The summed E-state index contributed by atoms with van der Waals surface area (Å²) in [5.41, 5.74) is 18.2. The van der Waals surface area contributed by atoms with Crippen LogP contribution in [0, 0.1) is 0 Å². The number of aliphatic hydroxyl groups excluding tert-OH is 6. The average molecular weight is 554 g/mol. The number of aliphatic hydroxyl groups is 6. The van der Waals surface area contributed by atoms with Gasteiger partial charge >= 0.3 is 0 Å². The van der Waals surface area contributed by atoms with E-state index in [-0.39, 0.29) is 12.8 Å². The number of ether oxygens (including phenoxy) is 5. The first-order valence-corrected chi connectivity index (χ1v) is 12.9. The Morgan fingerprint density at radius 1 is 0.684 bits per heavy atom. The van der Waals surface area contributed by atoms with Gasteiger partial charge in [0.15, 0.2) is 18.9 Å². The van der Waals surface area contributed by atoms with Gasteiger partial charge in [0.05, 0.1) is 36.9 Å². The highest BCUT2D eigenvalue weighted by atomic mass is 16.8. The van der Waals surface area contributed by atoms with Gasteiger partial charge in [0, 0.05) is 12.1 Å². The molecule has 0 bridgehead atoms. The van der Waals surface area contributed by atoms with Gasteiger partial charge in [0.25, 0.3) is 0 Å². The van der Waals surface area contributed by atoms with Crippen molar-refractivity contribution in [1.82, 2.24) is 10.6 Å². The van der Waals surface area contributed by atoms with Crippen LogP contribution in [-0.4, -0.2) is 155 Å². The third kappa shape index (κ3) is 5.73. The molecule has 0 radical (unpaired) electrons. The zero-order valence-electron chi connectivity index (χ0n) is 21.4. The lowest BCUT2D eigenvalue weighted by Gasteiger charge is -2.51. The molecule has 16 nitrogen and oxygen atoms in total. The van der Waals surface area contributed by atoms with E-state index in [0.717, 1.165) is 0 Å². The number of hydrogen-bond donors (Lipinski definition) is 11. The van der Waals surface area contributed by atoms with Crippen LogP contribution in [0.3, 0.4) is 0 Å². The molecule has 0 aromatic rings. The van der Waals surface area contributed by atoms with Crippen LogP contribution in [0.4, 0.5) is 0 Å². The molecule has 222 valence electrons. The Balaban J connectivity index is 1.43. The van der Waals surface area contributed by atoms with Crippen molar-refractivity contribution in [3.8, 4) is 0 Å². The largest absolute Gasteiger partial charge is 0.394 e. The standard InChI is InChI=1S/C22H43N5O11/c1-26-11-10(5-28)35-22(17(33)14(11)30)38-21-12(27-2)15(31)19-9(34-21)4-8(25)20(37-19)36-18-7(24)3-6(23)13(29)16(18)32/h6-22,26-33H,3-5,23-25H2,1-2H3/t6-,7?,8?,9+,10?,11-,12?,13?,14-,15?,16-,17?,18-,19?,20+,21?,22-/m1/s1. The third-order valence-corrected chi connectivity index (χ3v) is 8.02. The second kappa shape index (κ2) is 12.5. The first kappa shape index (κ1) is 30.3. The molecule has 38 heavy (non-hydrogen) atoms. The molecule has 0 aromatic carbocycles. The molecule has 0 amide bonds. The number of likely N-dealkylation sites (N-methyl/N-ethyl adjacent to an activating group) is 2. The summed E-state index contributed by atoms with van der Waals surface area (Å²) in [7, 11) is 3.13. The highest BCUT2D eigenvalue weighted by molar-refractivity contribution is 5.02. The summed E-state index contributed by atoms with van der Waals surface area (Å²) in [6.07, 6.45) is -13.3. The zero-order valence-corrected chi connectivity index (χ0v) is 21.4. The quantitative estimate of drug-likeness (QED) is 0.140. The van der Waals surface area contributed by atoms with Crippen LogP contribution in [0.1, 0.15) is 12.8 Å². The van der Waals surface area contributed by atoms with Gasteiger partial charge in [0.1, 0.15) is 42.7 Å². The van der Waals surface area contributed by atoms with Crippen LogP contribution in [0.2, 0.25) is 0 Å². The number of hydrogen-bond acceptors (Lipinski definition) is 16. The van der Waals surface area contributed by atoms with Crippen molar-refractivity contribution < 1.29 is 54.3 Å². The molecule has 0 spiro atoms. The summed E-state index contributed by atoms with van der Waals surface area (Å²) in [4.78, 5) is 0. The van der Waals surface area contributed by atoms with Crippen molar-refractivity contribution in [3.63, 3.8) is 0 Å². The maximum absolute atomic E-state index is 11.2. The van der Waals surface area contributed by atoms with E-state index in [2.05, 4.69) is 10.6 Å². The Labute approximate surface area is 220 Å². The molecule has 4 rings (SSSR count). The van der Waals surface area contributed by atoms with Crippen LogP contribution >= 0.6 is 0 Å². The minimum atomic E-state index is -1.47. The number of rotatable bonds is 7. The minimum Gasteiger partial charge on any atom is -0.394 e. The Morgan fingerprint density at radius 2 is 1.37 bits per heavy atom. The molecular formula is C22H43N5O11. The Bertz CT molecular complexity index is 771. The summed E-state index contributed by atoms with van der Waals surface area (Å²) >= 11 is 0. The third-order valence-electron chi connectivity index (χ3n) is 8.02. The van der Waals surface area contributed by atoms with Gasteiger partial charge in [-0.05, 0) is 26.9 Å². The SMILES string of the molecule is CNC1C(O[C@H]2OC(CO)[C@@H](NC)[C@@H](O)C2O)O[C@H]2CC(N)[C@@H](O[C@@H]3C(N)C[C@@H](N)C(O)[C@H]3O)OC2C1O. The minimum absolute atomic E-state index is 0.167. The van der Waals surface area contributed by atoms with E-state index in [1.807, 2.05) is 0 Å². The summed E-state index contributed by atoms with van der Waals surface area (Å²) < 4.78 is 29.5. The number of nitrogens with two attached hydrogens (primary N) is 3. The molecule has 4 fully saturated rings. The molecule has 1 saturated carbocycles. The normalized spacial score (nSPS) is 53.9. The Kier molecular flexibility index (Phi) is 9.96. The van der Waals surface area contributed by atoms with Crippen LogP contribution < -0.4 is 27.8 Å². The molecule has 3 aliphatic heterocycles. The van der Waals surface area contributed by atoms with Crippen LogP contribution in [0.5, 0.6) is 0 Å². The van der Waals surface area contributed by atoms with Gasteiger partial charge in [-0.25, -0.2) is 0 Å². The van der Waals surface area contributed by atoms with Crippen LogP contribution in [-0.2, 0) is 23.7 Å². The fourth-order valence-corrected chi connectivity index (χ4v) is 5.78. The van der Waals surface area contributed by atoms with Crippen molar-refractivity contribution in [2.24, 2.45) is 17.2 Å². The van der Waals surface area contributed by atoms with Gasteiger partial charge in [-0.3, -0.25) is 0 Å². The lowest BCUT2D eigenvalue weighted by Crippen LogP contribution is -2.70. The second-order valence-electron chi connectivity index (χ2n) is 10.5. The van der Waals surface area contributed by atoms with Crippen molar-refractivity contribution in [2.45, 2.75) is 117 Å². The Hall–Kier alpha value is -0.640. The molecule has 3 saturated heterocycles. The molecule has 14 N–H and O–H groups in total.